The summed E-state index contributed by atoms with van der Waals surface area (Å²) in [5.74, 6) is -0.367. The second-order valence-corrected chi connectivity index (χ2v) is 7.53. The van der Waals surface area contributed by atoms with Crippen LogP contribution in [0.5, 0.6) is 0 Å². The Labute approximate surface area is 158 Å². The monoisotopic (exact) mass is 362 g/mol. The molecule has 27 heavy (non-hydrogen) atoms. The largest absolute Gasteiger partial charge is 0.308 e. The minimum absolute atomic E-state index is 0.133. The number of imide groups is 1. The van der Waals surface area contributed by atoms with Gasteiger partial charge in [-0.2, -0.15) is 0 Å². The molecule has 0 spiro atoms. The molecule has 4 rings (SSSR count). The molecule has 138 valence electrons. The third-order valence-corrected chi connectivity index (χ3v) is 5.47. The van der Waals surface area contributed by atoms with E-state index in [9.17, 15) is 14.4 Å². The molecule has 2 aliphatic heterocycles. The van der Waals surface area contributed by atoms with Gasteiger partial charge in [-0.3, -0.25) is 19.3 Å². The fourth-order valence-electron chi connectivity index (χ4n) is 3.84. The van der Waals surface area contributed by atoms with Crippen LogP contribution in [0.2, 0.25) is 0 Å². The maximum Gasteiger partial charge on any atom is 0.261 e. The first-order chi connectivity index (χ1) is 12.9. The van der Waals surface area contributed by atoms with Crippen LogP contribution in [0.4, 0.5) is 5.69 Å². The topological polar surface area (TPSA) is 57.7 Å². The summed E-state index contributed by atoms with van der Waals surface area (Å²) in [5.41, 5.74) is 4.50. The molecule has 0 N–H and O–H groups in total. The lowest BCUT2D eigenvalue weighted by molar-refractivity contribution is 0.0693. The SMILES string of the molecule is CC(C)c1ccc2c(c1)CCCN2C(=O)c1ccc2c(c1)C(=O)N(C)C2=O. The zero-order valence-corrected chi connectivity index (χ0v) is 15.8. The van der Waals surface area contributed by atoms with Crippen molar-refractivity contribution in [3.63, 3.8) is 0 Å². The lowest BCUT2D eigenvalue weighted by Crippen LogP contribution is -2.35. The number of carbonyl (C=O) groups excluding carboxylic acids is 3. The van der Waals surface area contributed by atoms with E-state index >= 15 is 0 Å². The lowest BCUT2D eigenvalue weighted by atomic mass is 9.94. The van der Waals surface area contributed by atoms with Crippen molar-refractivity contribution in [3.05, 3.63) is 64.2 Å². The molecular weight excluding hydrogens is 340 g/mol. The highest BCUT2D eigenvalue weighted by Gasteiger charge is 2.34. The summed E-state index contributed by atoms with van der Waals surface area (Å²) in [5, 5.41) is 0. The van der Waals surface area contributed by atoms with Gasteiger partial charge in [0, 0.05) is 24.8 Å². The standard InChI is InChI=1S/C22H22N2O3/c1-13(2)14-7-9-19-15(11-14)5-4-10-24(19)20(25)16-6-8-17-18(12-16)22(27)23(3)21(17)26/h6-9,11-13H,4-5,10H2,1-3H3. The number of hydrogen-bond acceptors (Lipinski definition) is 3. The first-order valence-corrected chi connectivity index (χ1v) is 9.29. The Morgan fingerprint density at radius 1 is 1.00 bits per heavy atom. The molecule has 5 heteroatoms. The number of hydrogen-bond donors (Lipinski definition) is 0. The molecule has 2 aromatic rings. The molecule has 0 bridgehead atoms. The molecule has 0 unspecified atom stereocenters. The summed E-state index contributed by atoms with van der Waals surface area (Å²) >= 11 is 0. The molecule has 0 aromatic heterocycles. The Balaban J connectivity index is 1.70. The van der Waals surface area contributed by atoms with Crippen molar-refractivity contribution >= 4 is 23.4 Å². The average Bonchev–Trinajstić information content (AvgIpc) is 2.90. The van der Waals surface area contributed by atoms with Gasteiger partial charge in [0.15, 0.2) is 0 Å². The third-order valence-electron chi connectivity index (χ3n) is 5.47. The smallest absolute Gasteiger partial charge is 0.261 e. The van der Waals surface area contributed by atoms with Gasteiger partial charge in [0.25, 0.3) is 17.7 Å². The van der Waals surface area contributed by atoms with Crippen LogP contribution in [-0.4, -0.2) is 36.2 Å². The van der Waals surface area contributed by atoms with Crippen molar-refractivity contribution in [2.45, 2.75) is 32.6 Å². The highest BCUT2D eigenvalue weighted by atomic mass is 16.2. The van der Waals surface area contributed by atoms with E-state index in [1.807, 2.05) is 6.07 Å². The Bertz CT molecular complexity index is 978. The van der Waals surface area contributed by atoms with Gasteiger partial charge < -0.3 is 4.90 Å². The van der Waals surface area contributed by atoms with Gasteiger partial charge in [-0.1, -0.05) is 26.0 Å². The lowest BCUT2D eigenvalue weighted by Gasteiger charge is -2.30. The molecule has 0 saturated heterocycles. The van der Waals surface area contributed by atoms with Crippen LogP contribution in [0, 0.1) is 0 Å². The Morgan fingerprint density at radius 2 is 1.74 bits per heavy atom. The summed E-state index contributed by atoms with van der Waals surface area (Å²) in [7, 11) is 1.46. The van der Waals surface area contributed by atoms with Crippen LogP contribution < -0.4 is 4.90 Å². The molecule has 0 saturated carbocycles. The van der Waals surface area contributed by atoms with Crippen molar-refractivity contribution in [2.24, 2.45) is 0 Å². The van der Waals surface area contributed by atoms with Crippen molar-refractivity contribution < 1.29 is 14.4 Å². The number of nitrogens with zero attached hydrogens (tertiary/aromatic N) is 2. The fourth-order valence-corrected chi connectivity index (χ4v) is 3.84. The molecule has 0 radical (unpaired) electrons. The molecule has 2 aliphatic rings. The van der Waals surface area contributed by atoms with E-state index < -0.39 is 0 Å². The minimum Gasteiger partial charge on any atom is -0.308 e. The molecule has 0 fully saturated rings. The van der Waals surface area contributed by atoms with Gasteiger partial charge in [-0.05, 0) is 54.2 Å². The van der Waals surface area contributed by atoms with Crippen LogP contribution >= 0.6 is 0 Å². The predicted octanol–water partition coefficient (Wildman–Crippen LogP) is 3.63. The number of rotatable bonds is 2. The van der Waals surface area contributed by atoms with Crippen molar-refractivity contribution in [2.75, 3.05) is 18.5 Å². The molecule has 2 aromatic carbocycles. The fraction of sp³-hybridized carbons (Fsp3) is 0.318. The van der Waals surface area contributed by atoms with E-state index in [1.54, 1.807) is 23.1 Å². The van der Waals surface area contributed by atoms with Gasteiger partial charge >= 0.3 is 0 Å². The average molecular weight is 362 g/mol. The number of amides is 3. The third kappa shape index (κ3) is 2.74. The zero-order chi connectivity index (χ0) is 19.3. The highest BCUT2D eigenvalue weighted by Crippen LogP contribution is 2.32. The zero-order valence-electron chi connectivity index (χ0n) is 15.8. The van der Waals surface area contributed by atoms with E-state index in [0.717, 1.165) is 23.4 Å². The number of fused-ring (bicyclic) bond motifs is 2. The summed E-state index contributed by atoms with van der Waals surface area (Å²) in [4.78, 5) is 40.3. The van der Waals surface area contributed by atoms with Gasteiger partial charge in [0.1, 0.15) is 0 Å². The van der Waals surface area contributed by atoms with Crippen LogP contribution in [0.1, 0.15) is 68.4 Å². The van der Waals surface area contributed by atoms with Crippen molar-refractivity contribution in [1.82, 2.24) is 4.90 Å². The molecule has 0 aliphatic carbocycles. The number of carbonyl (C=O) groups is 3. The van der Waals surface area contributed by atoms with Gasteiger partial charge in [0.05, 0.1) is 11.1 Å². The molecule has 3 amide bonds. The predicted molar refractivity (Wildman–Crippen MR) is 103 cm³/mol. The second kappa shape index (κ2) is 6.34. The Kier molecular flexibility index (Phi) is 4.10. The van der Waals surface area contributed by atoms with Gasteiger partial charge in [0.2, 0.25) is 0 Å². The highest BCUT2D eigenvalue weighted by molar-refractivity contribution is 6.22. The van der Waals surface area contributed by atoms with Crippen molar-refractivity contribution in [1.29, 1.82) is 0 Å². The summed E-state index contributed by atoms with van der Waals surface area (Å²) in [6, 6.07) is 11.1. The van der Waals surface area contributed by atoms with Crippen LogP contribution in [0.3, 0.4) is 0 Å². The maximum atomic E-state index is 13.2. The molecule has 5 nitrogen and oxygen atoms in total. The number of aryl methyl sites for hydroxylation is 1. The van der Waals surface area contributed by atoms with E-state index in [1.165, 1.54) is 18.2 Å². The summed E-state index contributed by atoms with van der Waals surface area (Å²) in [6.07, 6.45) is 1.87. The van der Waals surface area contributed by atoms with Gasteiger partial charge in [-0.25, -0.2) is 0 Å². The van der Waals surface area contributed by atoms with E-state index in [0.29, 0.717) is 29.2 Å². The molecular formula is C22H22N2O3. The van der Waals surface area contributed by atoms with Crippen molar-refractivity contribution in [3.8, 4) is 0 Å². The van der Waals surface area contributed by atoms with Crippen LogP contribution in [-0.2, 0) is 6.42 Å². The normalized spacial score (nSPS) is 16.0. The summed E-state index contributed by atoms with van der Waals surface area (Å²) < 4.78 is 0. The van der Waals surface area contributed by atoms with E-state index in [4.69, 9.17) is 0 Å². The molecule has 0 atom stereocenters. The summed E-state index contributed by atoms with van der Waals surface area (Å²) in [6.45, 7) is 4.97. The maximum absolute atomic E-state index is 13.2. The first kappa shape index (κ1) is 17.5. The van der Waals surface area contributed by atoms with Crippen LogP contribution in [0.25, 0.3) is 0 Å². The minimum atomic E-state index is -0.356. The quantitative estimate of drug-likeness (QED) is 0.767. The Morgan fingerprint density at radius 3 is 2.48 bits per heavy atom. The van der Waals surface area contributed by atoms with Gasteiger partial charge in [-0.15, -0.1) is 0 Å². The van der Waals surface area contributed by atoms with E-state index in [-0.39, 0.29) is 17.7 Å². The second-order valence-electron chi connectivity index (χ2n) is 7.53. The van der Waals surface area contributed by atoms with E-state index in [2.05, 4.69) is 26.0 Å². The Hall–Kier alpha value is -2.95. The van der Waals surface area contributed by atoms with Crippen LogP contribution in [0.15, 0.2) is 36.4 Å². The molecule has 2 heterocycles. The number of benzene rings is 2. The first-order valence-electron chi connectivity index (χ1n) is 9.29. The number of anilines is 1.